The molecule has 0 spiro atoms. The lowest BCUT2D eigenvalue weighted by Crippen LogP contribution is -2.12. The molecule has 0 heterocycles. The third-order valence-electron chi connectivity index (χ3n) is 1.94. The number of aliphatic hydroxyl groups excluding tert-OH is 1. The molecule has 6 heteroatoms. The van der Waals surface area contributed by atoms with Gasteiger partial charge in [-0.15, -0.1) is 0 Å². The van der Waals surface area contributed by atoms with Gasteiger partial charge < -0.3 is 10.4 Å². The second kappa shape index (κ2) is 7.24. The van der Waals surface area contributed by atoms with E-state index in [9.17, 15) is 13.6 Å². The van der Waals surface area contributed by atoms with Crippen molar-refractivity contribution in [2.24, 2.45) is 0 Å². The van der Waals surface area contributed by atoms with Gasteiger partial charge in [0.05, 0.1) is 5.69 Å². The lowest BCUT2D eigenvalue weighted by molar-refractivity contribution is -0.116. The molecule has 0 fully saturated rings. The summed E-state index contributed by atoms with van der Waals surface area (Å²) >= 11 is 0.393. The average Bonchev–Trinajstić information content (AvgIpc) is 2.28. The number of anilines is 1. The van der Waals surface area contributed by atoms with Gasteiger partial charge in [-0.25, -0.2) is 0 Å². The first-order valence-electron chi connectivity index (χ1n) is 5.08. The standard InChI is InChI=1S/C11H13F2NO2S/c12-11(13)17-9-5-2-1-4-8(9)14-10(16)6-3-7-15/h1-2,4-5,11,15H,3,6-7H2,(H,14,16). The Balaban J connectivity index is 2.66. The summed E-state index contributed by atoms with van der Waals surface area (Å²) < 4.78 is 24.5. The van der Waals surface area contributed by atoms with Crippen molar-refractivity contribution in [1.29, 1.82) is 0 Å². The zero-order valence-corrected chi connectivity index (χ0v) is 9.84. The van der Waals surface area contributed by atoms with Gasteiger partial charge in [-0.2, -0.15) is 8.78 Å². The summed E-state index contributed by atoms with van der Waals surface area (Å²) in [7, 11) is 0. The first kappa shape index (κ1) is 13.9. The van der Waals surface area contributed by atoms with Gasteiger partial charge in [0.2, 0.25) is 5.91 Å². The molecule has 0 saturated carbocycles. The zero-order valence-electron chi connectivity index (χ0n) is 9.03. The number of hydrogen-bond acceptors (Lipinski definition) is 3. The summed E-state index contributed by atoms with van der Waals surface area (Å²) in [5.74, 6) is -2.81. The van der Waals surface area contributed by atoms with Crippen molar-refractivity contribution in [2.75, 3.05) is 11.9 Å². The topological polar surface area (TPSA) is 49.3 Å². The SMILES string of the molecule is O=C(CCCO)Nc1ccccc1SC(F)F. The van der Waals surface area contributed by atoms with Crippen LogP contribution in [0.15, 0.2) is 29.2 Å². The minimum atomic E-state index is -2.52. The number of aliphatic hydroxyl groups is 1. The van der Waals surface area contributed by atoms with Gasteiger partial charge in [0.1, 0.15) is 0 Å². The molecule has 1 aromatic rings. The third kappa shape index (κ3) is 5.14. The number of thioether (sulfide) groups is 1. The Morgan fingerprint density at radius 3 is 2.76 bits per heavy atom. The summed E-state index contributed by atoms with van der Waals surface area (Å²) in [6.45, 7) is -0.0686. The van der Waals surface area contributed by atoms with Crippen LogP contribution >= 0.6 is 11.8 Å². The van der Waals surface area contributed by atoms with Gasteiger partial charge in [-0.05, 0) is 18.6 Å². The molecular formula is C11H13F2NO2S. The van der Waals surface area contributed by atoms with Crippen molar-refractivity contribution in [2.45, 2.75) is 23.5 Å². The molecule has 0 radical (unpaired) electrons. The van der Waals surface area contributed by atoms with Gasteiger partial charge in [0.25, 0.3) is 5.76 Å². The molecule has 1 aromatic carbocycles. The second-order valence-corrected chi connectivity index (χ2v) is 4.28. The maximum Gasteiger partial charge on any atom is 0.288 e. The first-order chi connectivity index (χ1) is 8.13. The average molecular weight is 261 g/mol. The quantitative estimate of drug-likeness (QED) is 0.774. The van der Waals surface area contributed by atoms with Crippen LogP contribution in [0.25, 0.3) is 0 Å². The Bertz CT molecular complexity index is 374. The molecule has 0 aliphatic rings. The molecule has 0 saturated heterocycles. The van der Waals surface area contributed by atoms with E-state index < -0.39 is 5.76 Å². The highest BCUT2D eigenvalue weighted by molar-refractivity contribution is 7.99. The monoisotopic (exact) mass is 261 g/mol. The summed E-state index contributed by atoms with van der Waals surface area (Å²) in [6.07, 6.45) is 0.528. The summed E-state index contributed by atoms with van der Waals surface area (Å²) in [5, 5.41) is 11.1. The van der Waals surface area contributed by atoms with Crippen LogP contribution in [0.3, 0.4) is 0 Å². The molecule has 1 amide bonds. The summed E-state index contributed by atoms with van der Waals surface area (Å²) in [4.78, 5) is 11.7. The summed E-state index contributed by atoms with van der Waals surface area (Å²) in [5.41, 5.74) is 0.376. The molecule has 17 heavy (non-hydrogen) atoms. The van der Waals surface area contributed by atoms with Gasteiger partial charge >= 0.3 is 0 Å². The van der Waals surface area contributed by atoms with E-state index in [1.165, 1.54) is 6.07 Å². The second-order valence-electron chi connectivity index (χ2n) is 3.25. The van der Waals surface area contributed by atoms with E-state index in [1.807, 2.05) is 0 Å². The van der Waals surface area contributed by atoms with Crippen molar-refractivity contribution in [3.05, 3.63) is 24.3 Å². The zero-order chi connectivity index (χ0) is 12.7. The van der Waals surface area contributed by atoms with Gasteiger partial charge in [-0.3, -0.25) is 4.79 Å². The number of carbonyl (C=O) groups is 1. The van der Waals surface area contributed by atoms with Crippen LogP contribution < -0.4 is 5.32 Å². The number of amides is 1. The van der Waals surface area contributed by atoms with E-state index in [0.717, 1.165) is 0 Å². The van der Waals surface area contributed by atoms with Crippen LogP contribution in [-0.2, 0) is 4.79 Å². The Morgan fingerprint density at radius 1 is 1.41 bits per heavy atom. The molecular weight excluding hydrogens is 248 g/mol. The summed E-state index contributed by atoms with van der Waals surface area (Å²) in [6, 6.07) is 6.39. The molecule has 0 aromatic heterocycles. The smallest absolute Gasteiger partial charge is 0.288 e. The van der Waals surface area contributed by atoms with E-state index in [4.69, 9.17) is 5.11 Å². The first-order valence-corrected chi connectivity index (χ1v) is 5.96. The highest BCUT2D eigenvalue weighted by atomic mass is 32.2. The van der Waals surface area contributed by atoms with E-state index in [0.29, 0.717) is 28.8 Å². The Kier molecular flexibility index (Phi) is 5.93. The van der Waals surface area contributed by atoms with Gasteiger partial charge in [-0.1, -0.05) is 23.9 Å². The van der Waals surface area contributed by atoms with Crippen LogP contribution in [0.1, 0.15) is 12.8 Å². The fourth-order valence-corrected chi connectivity index (χ4v) is 1.82. The number of benzene rings is 1. The predicted molar refractivity (Wildman–Crippen MR) is 63.3 cm³/mol. The molecule has 0 unspecified atom stereocenters. The Hall–Kier alpha value is -1.14. The van der Waals surface area contributed by atoms with Crippen LogP contribution in [0.2, 0.25) is 0 Å². The fraction of sp³-hybridized carbons (Fsp3) is 0.364. The molecule has 0 aliphatic carbocycles. The third-order valence-corrected chi connectivity index (χ3v) is 2.73. The molecule has 2 N–H and O–H groups in total. The molecule has 0 bridgehead atoms. The minimum absolute atomic E-state index is 0.0686. The highest BCUT2D eigenvalue weighted by Crippen LogP contribution is 2.31. The molecule has 1 rings (SSSR count). The number of nitrogens with one attached hydrogen (secondary N) is 1. The van der Waals surface area contributed by atoms with Crippen molar-refractivity contribution in [3.8, 4) is 0 Å². The van der Waals surface area contributed by atoms with E-state index >= 15 is 0 Å². The van der Waals surface area contributed by atoms with Gasteiger partial charge in [0, 0.05) is 17.9 Å². The van der Waals surface area contributed by atoms with Crippen molar-refractivity contribution < 1.29 is 18.7 Å². The number of para-hydroxylation sites is 1. The Morgan fingerprint density at radius 2 is 2.12 bits per heavy atom. The van der Waals surface area contributed by atoms with Crippen molar-refractivity contribution in [1.82, 2.24) is 0 Å². The highest BCUT2D eigenvalue weighted by Gasteiger charge is 2.11. The van der Waals surface area contributed by atoms with Crippen molar-refractivity contribution in [3.63, 3.8) is 0 Å². The van der Waals surface area contributed by atoms with E-state index in [-0.39, 0.29) is 18.9 Å². The fourth-order valence-electron chi connectivity index (χ4n) is 1.22. The van der Waals surface area contributed by atoms with Crippen LogP contribution in [-0.4, -0.2) is 23.4 Å². The van der Waals surface area contributed by atoms with E-state index in [1.54, 1.807) is 18.2 Å². The lowest BCUT2D eigenvalue weighted by Gasteiger charge is -2.09. The normalized spacial score (nSPS) is 10.6. The molecule has 0 aliphatic heterocycles. The number of hydrogen-bond donors (Lipinski definition) is 2. The number of halogens is 2. The predicted octanol–water partition coefficient (Wildman–Crippen LogP) is 2.71. The van der Waals surface area contributed by atoms with E-state index in [2.05, 4.69) is 5.32 Å². The molecule has 94 valence electrons. The minimum Gasteiger partial charge on any atom is -0.396 e. The molecule has 3 nitrogen and oxygen atoms in total. The Labute approximate surface area is 102 Å². The number of carbonyl (C=O) groups excluding carboxylic acids is 1. The van der Waals surface area contributed by atoms with Crippen LogP contribution in [0.4, 0.5) is 14.5 Å². The van der Waals surface area contributed by atoms with Crippen LogP contribution in [0.5, 0.6) is 0 Å². The maximum absolute atomic E-state index is 12.3. The van der Waals surface area contributed by atoms with Gasteiger partial charge in [0.15, 0.2) is 0 Å². The molecule has 0 atom stereocenters. The van der Waals surface area contributed by atoms with Crippen molar-refractivity contribution >= 4 is 23.4 Å². The number of alkyl halides is 2. The number of rotatable bonds is 6. The maximum atomic E-state index is 12.3. The largest absolute Gasteiger partial charge is 0.396 e. The van der Waals surface area contributed by atoms with Crippen LogP contribution in [0, 0.1) is 0 Å². The lowest BCUT2D eigenvalue weighted by atomic mass is 10.2.